The molecule has 0 fully saturated rings. The summed E-state index contributed by atoms with van der Waals surface area (Å²) >= 11 is 0. The van der Waals surface area contributed by atoms with Crippen molar-refractivity contribution in [3.8, 4) is 0 Å². The van der Waals surface area contributed by atoms with E-state index >= 15 is 0 Å². The van der Waals surface area contributed by atoms with Gasteiger partial charge in [-0.3, -0.25) is 14.5 Å². The van der Waals surface area contributed by atoms with Crippen LogP contribution in [0.25, 0.3) is 10.9 Å². The van der Waals surface area contributed by atoms with Gasteiger partial charge in [-0.05, 0) is 39.8 Å². The second kappa shape index (κ2) is 7.42. The van der Waals surface area contributed by atoms with Gasteiger partial charge in [0.05, 0.1) is 0 Å². The van der Waals surface area contributed by atoms with Crippen LogP contribution in [0.5, 0.6) is 0 Å². The van der Waals surface area contributed by atoms with Crippen molar-refractivity contribution in [2.45, 2.75) is 39.8 Å². The van der Waals surface area contributed by atoms with Crippen molar-refractivity contribution in [1.29, 1.82) is 0 Å². The average molecular weight is 315 g/mol. The predicted molar refractivity (Wildman–Crippen MR) is 93.9 cm³/mol. The Labute approximate surface area is 136 Å². The molecule has 1 aromatic carbocycles. The fourth-order valence-electron chi connectivity index (χ4n) is 2.83. The highest BCUT2D eigenvalue weighted by molar-refractivity contribution is 5.94. The molecule has 0 aliphatic rings. The van der Waals surface area contributed by atoms with Gasteiger partial charge >= 0.3 is 0 Å². The summed E-state index contributed by atoms with van der Waals surface area (Å²) in [6.07, 6.45) is 0. The zero-order valence-electron chi connectivity index (χ0n) is 14.2. The molecule has 2 aromatic rings. The number of benzene rings is 1. The largest absolute Gasteiger partial charge is 0.350 e. The standard InChI is InChI=1S/C18H25N3O2/c1-12(2)21(13(3)4)10-9-19-18(23)16-11-17(22)14-7-5-6-8-15(14)20-16/h5-8,11-13H,9-10H2,1-4H3,(H,19,23)(H,20,22). The van der Waals surface area contributed by atoms with Crippen LogP contribution in [-0.2, 0) is 0 Å². The second-order valence-electron chi connectivity index (χ2n) is 6.27. The number of H-pyrrole nitrogens is 1. The minimum absolute atomic E-state index is 0.143. The zero-order valence-corrected chi connectivity index (χ0v) is 14.2. The Kier molecular flexibility index (Phi) is 5.55. The van der Waals surface area contributed by atoms with Gasteiger partial charge in [-0.2, -0.15) is 0 Å². The molecular weight excluding hydrogens is 290 g/mol. The van der Waals surface area contributed by atoms with Crippen LogP contribution in [-0.4, -0.2) is 41.0 Å². The molecule has 5 nitrogen and oxygen atoms in total. The van der Waals surface area contributed by atoms with Gasteiger partial charge < -0.3 is 10.3 Å². The van der Waals surface area contributed by atoms with Crippen LogP contribution in [0.15, 0.2) is 35.1 Å². The van der Waals surface area contributed by atoms with Crippen LogP contribution in [0.3, 0.4) is 0 Å². The zero-order chi connectivity index (χ0) is 17.0. The molecular formula is C18H25N3O2. The van der Waals surface area contributed by atoms with E-state index in [2.05, 4.69) is 42.9 Å². The summed E-state index contributed by atoms with van der Waals surface area (Å²) in [6.45, 7) is 9.89. The van der Waals surface area contributed by atoms with E-state index in [9.17, 15) is 9.59 Å². The third-order valence-corrected chi connectivity index (χ3v) is 3.96. The quantitative estimate of drug-likeness (QED) is 0.860. The normalized spacial score (nSPS) is 11.6. The molecule has 0 bridgehead atoms. The van der Waals surface area contributed by atoms with Gasteiger partial charge in [0.1, 0.15) is 5.69 Å². The molecule has 0 unspecified atom stereocenters. The number of aromatic nitrogens is 1. The highest BCUT2D eigenvalue weighted by atomic mass is 16.2. The van der Waals surface area contributed by atoms with Crippen molar-refractivity contribution >= 4 is 16.8 Å². The van der Waals surface area contributed by atoms with E-state index < -0.39 is 0 Å². The fourth-order valence-corrected chi connectivity index (χ4v) is 2.83. The molecule has 5 heteroatoms. The molecule has 2 N–H and O–H groups in total. The van der Waals surface area contributed by atoms with Crippen LogP contribution in [0, 0.1) is 0 Å². The highest BCUT2D eigenvalue weighted by Crippen LogP contribution is 2.07. The number of aromatic amines is 1. The summed E-state index contributed by atoms with van der Waals surface area (Å²) in [5.41, 5.74) is 0.834. The maximum atomic E-state index is 12.3. The van der Waals surface area contributed by atoms with Gasteiger partial charge in [0.25, 0.3) is 5.91 Å². The maximum Gasteiger partial charge on any atom is 0.267 e. The van der Waals surface area contributed by atoms with E-state index in [0.29, 0.717) is 35.2 Å². The van der Waals surface area contributed by atoms with Gasteiger partial charge in [-0.25, -0.2) is 0 Å². The number of nitrogens with one attached hydrogen (secondary N) is 2. The van der Waals surface area contributed by atoms with E-state index in [0.717, 1.165) is 6.54 Å². The Morgan fingerprint density at radius 3 is 2.48 bits per heavy atom. The maximum absolute atomic E-state index is 12.3. The number of pyridine rings is 1. The number of hydrogen-bond acceptors (Lipinski definition) is 3. The molecule has 124 valence electrons. The van der Waals surface area contributed by atoms with Crippen molar-refractivity contribution in [3.63, 3.8) is 0 Å². The Bertz CT molecular complexity index is 726. The van der Waals surface area contributed by atoms with E-state index in [1.807, 2.05) is 12.1 Å². The van der Waals surface area contributed by atoms with E-state index in [-0.39, 0.29) is 11.3 Å². The van der Waals surface area contributed by atoms with E-state index in [4.69, 9.17) is 0 Å². The molecule has 23 heavy (non-hydrogen) atoms. The average Bonchev–Trinajstić information content (AvgIpc) is 2.50. The number of carbonyl (C=O) groups is 1. The third kappa shape index (κ3) is 4.20. The number of rotatable bonds is 6. The van der Waals surface area contributed by atoms with Gasteiger partial charge in [0, 0.05) is 42.1 Å². The number of carbonyl (C=O) groups excluding carboxylic acids is 1. The van der Waals surface area contributed by atoms with Crippen LogP contribution in [0.2, 0.25) is 0 Å². The van der Waals surface area contributed by atoms with Gasteiger partial charge in [0.2, 0.25) is 0 Å². The molecule has 0 atom stereocenters. The Hall–Kier alpha value is -2.14. The summed E-state index contributed by atoms with van der Waals surface area (Å²) in [7, 11) is 0. The predicted octanol–water partition coefficient (Wildman–Crippen LogP) is 2.38. The second-order valence-corrected chi connectivity index (χ2v) is 6.27. The Morgan fingerprint density at radius 1 is 1.17 bits per heavy atom. The molecule has 2 rings (SSSR count). The molecule has 0 saturated heterocycles. The highest BCUT2D eigenvalue weighted by Gasteiger charge is 2.14. The first-order chi connectivity index (χ1) is 10.9. The van der Waals surface area contributed by atoms with Gasteiger partial charge in [-0.1, -0.05) is 12.1 Å². The minimum atomic E-state index is -0.250. The summed E-state index contributed by atoms with van der Waals surface area (Å²) < 4.78 is 0. The van der Waals surface area contributed by atoms with Gasteiger partial charge in [-0.15, -0.1) is 0 Å². The summed E-state index contributed by atoms with van der Waals surface area (Å²) in [6, 6.07) is 9.40. The number of para-hydroxylation sites is 1. The lowest BCUT2D eigenvalue weighted by Crippen LogP contribution is -2.42. The Balaban J connectivity index is 2.05. The molecule has 1 heterocycles. The monoisotopic (exact) mass is 315 g/mol. The third-order valence-electron chi connectivity index (χ3n) is 3.96. The van der Waals surface area contributed by atoms with Crippen LogP contribution < -0.4 is 10.7 Å². The number of fused-ring (bicyclic) bond motifs is 1. The lowest BCUT2D eigenvalue weighted by molar-refractivity contribution is 0.0934. The number of amides is 1. The summed E-state index contributed by atoms with van der Waals surface area (Å²) in [5, 5.41) is 3.47. The first kappa shape index (κ1) is 17.2. The van der Waals surface area contributed by atoms with Crippen molar-refractivity contribution in [2.24, 2.45) is 0 Å². The first-order valence-electron chi connectivity index (χ1n) is 8.06. The fraction of sp³-hybridized carbons (Fsp3) is 0.444. The van der Waals surface area contributed by atoms with Crippen molar-refractivity contribution in [1.82, 2.24) is 15.2 Å². The SMILES string of the molecule is CC(C)N(CCNC(=O)c1cc(=O)c2ccccc2[nH]1)C(C)C. The lowest BCUT2D eigenvalue weighted by Gasteiger charge is -2.30. The van der Waals surface area contributed by atoms with Crippen molar-refractivity contribution in [3.05, 3.63) is 46.2 Å². The molecule has 0 aliphatic carbocycles. The molecule has 1 amide bonds. The van der Waals surface area contributed by atoms with Crippen LogP contribution >= 0.6 is 0 Å². The minimum Gasteiger partial charge on any atom is -0.350 e. The molecule has 0 spiro atoms. The molecule has 1 aromatic heterocycles. The molecule has 0 aliphatic heterocycles. The van der Waals surface area contributed by atoms with Crippen LogP contribution in [0.1, 0.15) is 38.2 Å². The van der Waals surface area contributed by atoms with Gasteiger partial charge in [0.15, 0.2) is 5.43 Å². The van der Waals surface area contributed by atoms with Crippen molar-refractivity contribution in [2.75, 3.05) is 13.1 Å². The van der Waals surface area contributed by atoms with E-state index in [1.54, 1.807) is 12.1 Å². The van der Waals surface area contributed by atoms with E-state index in [1.165, 1.54) is 6.07 Å². The van der Waals surface area contributed by atoms with Crippen molar-refractivity contribution < 1.29 is 4.79 Å². The Morgan fingerprint density at radius 2 is 1.83 bits per heavy atom. The molecule has 0 radical (unpaired) electrons. The smallest absolute Gasteiger partial charge is 0.267 e. The molecule has 0 saturated carbocycles. The number of nitrogens with zero attached hydrogens (tertiary/aromatic N) is 1. The topological polar surface area (TPSA) is 65.2 Å². The van der Waals surface area contributed by atoms with Crippen LogP contribution in [0.4, 0.5) is 0 Å². The summed E-state index contributed by atoms with van der Waals surface area (Å²) in [5.74, 6) is -0.250. The lowest BCUT2D eigenvalue weighted by atomic mass is 10.2. The number of hydrogen-bond donors (Lipinski definition) is 2. The summed E-state index contributed by atoms with van der Waals surface area (Å²) in [4.78, 5) is 29.7. The first-order valence-corrected chi connectivity index (χ1v) is 8.06.